The number of carboxylic acid groups (broad SMARTS) is 1. The molecule has 0 amide bonds. The van der Waals surface area contributed by atoms with E-state index in [1.807, 2.05) is 0 Å². The number of benzene rings is 1. The van der Waals surface area contributed by atoms with Crippen LogP contribution >= 0.6 is 0 Å². The monoisotopic (exact) mass is 257 g/mol. The Morgan fingerprint density at radius 3 is 2.33 bits per heavy atom. The summed E-state index contributed by atoms with van der Waals surface area (Å²) in [6.07, 6.45) is -4.44. The lowest BCUT2D eigenvalue weighted by atomic mass is 10.1. The van der Waals surface area contributed by atoms with Gasteiger partial charge in [0, 0.05) is 12.0 Å². The first-order valence-corrected chi connectivity index (χ1v) is 4.95. The zero-order valence-corrected chi connectivity index (χ0v) is 9.16. The molecule has 0 aromatic heterocycles. The Hall–Kier alpha value is -2.00. The van der Waals surface area contributed by atoms with E-state index in [2.05, 4.69) is 11.8 Å². The molecule has 96 valence electrons. The van der Waals surface area contributed by atoms with E-state index >= 15 is 0 Å². The molecule has 0 aliphatic carbocycles. The fourth-order valence-electron chi connectivity index (χ4n) is 1.09. The van der Waals surface area contributed by atoms with Gasteiger partial charge in [0.25, 0.3) is 0 Å². The van der Waals surface area contributed by atoms with E-state index in [1.54, 1.807) is 0 Å². The van der Waals surface area contributed by atoms with Crippen LogP contribution in [0.25, 0.3) is 0 Å². The molecule has 18 heavy (non-hydrogen) atoms. The third kappa shape index (κ3) is 4.11. The van der Waals surface area contributed by atoms with E-state index in [9.17, 15) is 18.0 Å². The first-order valence-electron chi connectivity index (χ1n) is 4.95. The largest absolute Gasteiger partial charge is 0.480 e. The van der Waals surface area contributed by atoms with Crippen molar-refractivity contribution in [3.05, 3.63) is 35.4 Å². The molecule has 0 spiro atoms. The van der Waals surface area contributed by atoms with Gasteiger partial charge in [0.15, 0.2) is 0 Å². The Bertz CT molecular complexity index is 483. The molecule has 6 heteroatoms. The lowest BCUT2D eigenvalue weighted by molar-refractivity contribution is -0.138. The standard InChI is InChI=1S/C12H10F3NO2/c13-12(14,15)9-6-4-8(5-7-9)2-1-3-10(16)11(17)18/h4-7,10H,3,16H2,(H,17,18). The summed E-state index contributed by atoms with van der Waals surface area (Å²) >= 11 is 0. The van der Waals surface area contributed by atoms with Crippen LogP contribution in [-0.2, 0) is 11.0 Å². The maximum absolute atomic E-state index is 12.2. The fraction of sp³-hybridized carbons (Fsp3) is 0.250. The molecule has 0 aliphatic rings. The Labute approximate surface area is 101 Å². The highest BCUT2D eigenvalue weighted by atomic mass is 19.4. The summed E-state index contributed by atoms with van der Waals surface area (Å²) in [7, 11) is 0. The van der Waals surface area contributed by atoms with Crippen LogP contribution in [0.4, 0.5) is 13.2 Å². The van der Waals surface area contributed by atoms with E-state index in [0.717, 1.165) is 12.1 Å². The molecule has 0 saturated carbocycles. The second-order valence-electron chi connectivity index (χ2n) is 3.53. The molecule has 3 nitrogen and oxygen atoms in total. The number of nitrogens with two attached hydrogens (primary N) is 1. The van der Waals surface area contributed by atoms with Gasteiger partial charge in [-0.05, 0) is 24.3 Å². The van der Waals surface area contributed by atoms with Crippen LogP contribution in [0.3, 0.4) is 0 Å². The molecular formula is C12H10F3NO2. The van der Waals surface area contributed by atoms with Gasteiger partial charge in [0.05, 0.1) is 5.56 Å². The Morgan fingerprint density at radius 2 is 1.89 bits per heavy atom. The van der Waals surface area contributed by atoms with Crippen molar-refractivity contribution in [1.29, 1.82) is 0 Å². The second-order valence-corrected chi connectivity index (χ2v) is 3.53. The molecule has 1 atom stereocenters. The van der Waals surface area contributed by atoms with Gasteiger partial charge in [-0.25, -0.2) is 0 Å². The Kier molecular flexibility index (Phi) is 4.34. The molecule has 1 unspecified atom stereocenters. The average Bonchev–Trinajstić information content (AvgIpc) is 2.28. The first kappa shape index (κ1) is 14.1. The number of aliphatic carboxylic acids is 1. The van der Waals surface area contributed by atoms with E-state index in [1.165, 1.54) is 12.1 Å². The van der Waals surface area contributed by atoms with E-state index < -0.39 is 23.8 Å². The summed E-state index contributed by atoms with van der Waals surface area (Å²) in [5.74, 6) is 3.88. The zero-order valence-electron chi connectivity index (χ0n) is 9.16. The van der Waals surface area contributed by atoms with Crippen LogP contribution in [0, 0.1) is 11.8 Å². The molecule has 3 N–H and O–H groups in total. The molecule has 0 fully saturated rings. The highest BCUT2D eigenvalue weighted by Crippen LogP contribution is 2.28. The molecule has 0 saturated heterocycles. The second kappa shape index (κ2) is 5.56. The molecule has 1 aromatic rings. The summed E-state index contributed by atoms with van der Waals surface area (Å²) in [6.45, 7) is 0. The number of rotatable bonds is 2. The summed E-state index contributed by atoms with van der Waals surface area (Å²) in [4.78, 5) is 10.4. The molecule has 1 rings (SSSR count). The number of carboxylic acids is 1. The van der Waals surface area contributed by atoms with Crippen LogP contribution in [-0.4, -0.2) is 17.1 Å². The minimum absolute atomic E-state index is 0.0592. The number of alkyl halides is 3. The number of carbonyl (C=O) groups is 1. The SMILES string of the molecule is NC(CC#Cc1ccc(C(F)(F)F)cc1)C(=O)O. The van der Waals surface area contributed by atoms with Crippen molar-refractivity contribution in [2.75, 3.05) is 0 Å². The normalized spacial score (nSPS) is 12.4. The highest BCUT2D eigenvalue weighted by Gasteiger charge is 2.29. The number of hydrogen-bond donors (Lipinski definition) is 2. The van der Waals surface area contributed by atoms with Crippen LogP contribution in [0.1, 0.15) is 17.5 Å². The van der Waals surface area contributed by atoms with Gasteiger partial charge in [0.1, 0.15) is 6.04 Å². The topological polar surface area (TPSA) is 63.3 Å². The van der Waals surface area contributed by atoms with Crippen molar-refractivity contribution >= 4 is 5.97 Å². The Balaban J connectivity index is 2.70. The van der Waals surface area contributed by atoms with Gasteiger partial charge >= 0.3 is 12.1 Å². The molecule has 1 aromatic carbocycles. The summed E-state index contributed by atoms with van der Waals surface area (Å²) < 4.78 is 36.7. The van der Waals surface area contributed by atoms with Gasteiger partial charge < -0.3 is 10.8 Å². The van der Waals surface area contributed by atoms with E-state index in [-0.39, 0.29) is 6.42 Å². The predicted octanol–water partition coefficient (Wildman–Crippen LogP) is 1.86. The van der Waals surface area contributed by atoms with Crippen LogP contribution in [0.2, 0.25) is 0 Å². The van der Waals surface area contributed by atoms with Gasteiger partial charge in [-0.3, -0.25) is 4.79 Å². The van der Waals surface area contributed by atoms with Crippen LogP contribution in [0.5, 0.6) is 0 Å². The quantitative estimate of drug-likeness (QED) is 0.795. The maximum atomic E-state index is 12.2. The molecule has 0 radical (unpaired) electrons. The van der Waals surface area contributed by atoms with Crippen molar-refractivity contribution in [3.8, 4) is 11.8 Å². The summed E-state index contributed by atoms with van der Waals surface area (Å²) in [6, 6.07) is 3.19. The molecule has 0 bridgehead atoms. The van der Waals surface area contributed by atoms with Crippen molar-refractivity contribution in [3.63, 3.8) is 0 Å². The number of halogens is 3. The lowest BCUT2D eigenvalue weighted by Crippen LogP contribution is -2.29. The first-order chi connectivity index (χ1) is 8.30. The molecule has 0 aliphatic heterocycles. The predicted molar refractivity (Wildman–Crippen MR) is 58.6 cm³/mol. The van der Waals surface area contributed by atoms with E-state index in [4.69, 9.17) is 10.8 Å². The van der Waals surface area contributed by atoms with Gasteiger partial charge in [-0.15, -0.1) is 0 Å². The lowest BCUT2D eigenvalue weighted by Gasteiger charge is -2.05. The van der Waals surface area contributed by atoms with E-state index in [0.29, 0.717) is 5.56 Å². The average molecular weight is 257 g/mol. The van der Waals surface area contributed by atoms with Crippen molar-refractivity contribution in [1.82, 2.24) is 0 Å². The van der Waals surface area contributed by atoms with Crippen molar-refractivity contribution in [2.45, 2.75) is 18.6 Å². The van der Waals surface area contributed by atoms with Crippen LogP contribution < -0.4 is 5.73 Å². The van der Waals surface area contributed by atoms with Crippen molar-refractivity contribution in [2.24, 2.45) is 5.73 Å². The summed E-state index contributed by atoms with van der Waals surface area (Å²) in [5.41, 5.74) is 4.83. The molecule has 0 heterocycles. The van der Waals surface area contributed by atoms with Crippen molar-refractivity contribution < 1.29 is 23.1 Å². The smallest absolute Gasteiger partial charge is 0.416 e. The van der Waals surface area contributed by atoms with Gasteiger partial charge in [-0.2, -0.15) is 13.2 Å². The minimum Gasteiger partial charge on any atom is -0.480 e. The summed E-state index contributed by atoms with van der Waals surface area (Å²) in [5, 5.41) is 8.49. The zero-order chi connectivity index (χ0) is 13.8. The molecular weight excluding hydrogens is 247 g/mol. The Morgan fingerprint density at radius 1 is 1.33 bits per heavy atom. The third-order valence-electron chi connectivity index (χ3n) is 2.08. The number of hydrogen-bond acceptors (Lipinski definition) is 2. The van der Waals surface area contributed by atoms with Crippen LogP contribution in [0.15, 0.2) is 24.3 Å². The third-order valence-corrected chi connectivity index (χ3v) is 2.08. The maximum Gasteiger partial charge on any atom is 0.416 e. The fourth-order valence-corrected chi connectivity index (χ4v) is 1.09. The van der Waals surface area contributed by atoms with Gasteiger partial charge in [-0.1, -0.05) is 11.8 Å². The highest BCUT2D eigenvalue weighted by molar-refractivity contribution is 5.73. The minimum atomic E-state index is -4.38. The van der Waals surface area contributed by atoms with Gasteiger partial charge in [0.2, 0.25) is 0 Å².